The minimum atomic E-state index is -1.10. The molecule has 2 N–H and O–H groups in total. The van der Waals surface area contributed by atoms with Crippen LogP contribution >= 0.6 is 11.6 Å². The van der Waals surface area contributed by atoms with Gasteiger partial charge in [0.1, 0.15) is 5.38 Å². The van der Waals surface area contributed by atoms with Gasteiger partial charge in [0.15, 0.2) is 0 Å². The monoisotopic (exact) mass is 719 g/mol. The molecule has 5 nitrogen and oxygen atoms in total. The molecule has 2 saturated heterocycles. The number of hydrogen-bond acceptors (Lipinski definition) is 4. The molecule has 0 saturated carbocycles. The molecule has 3 atom stereocenters. The van der Waals surface area contributed by atoms with Gasteiger partial charge in [0, 0.05) is 38.8 Å². The highest BCUT2D eigenvalue weighted by Crippen LogP contribution is 2.41. The Bertz CT molecular complexity index is 1790. The quantitative estimate of drug-likeness (QED) is 0.170. The summed E-state index contributed by atoms with van der Waals surface area (Å²) in [5.41, 5.74) is 5.18. The molecule has 6 rings (SSSR count). The maximum atomic E-state index is 14.7. The minimum absolute atomic E-state index is 0.0287. The van der Waals surface area contributed by atoms with Crippen LogP contribution in [0, 0.1) is 0 Å². The van der Waals surface area contributed by atoms with E-state index in [4.69, 9.17) is 11.6 Å². The molecular weight excluding hydrogens is 662 g/mol. The predicted octanol–water partition coefficient (Wildman–Crippen LogP) is 9.05. The van der Waals surface area contributed by atoms with Crippen molar-refractivity contribution in [2.24, 2.45) is 0 Å². The van der Waals surface area contributed by atoms with E-state index in [2.05, 4.69) is 136 Å². The Hall–Kier alpha value is -3.48. The molecule has 52 heavy (non-hydrogen) atoms. The highest BCUT2D eigenvalue weighted by molar-refractivity contribution is 6.31. The number of carbonyl (C=O) groups is 1. The van der Waals surface area contributed by atoms with Crippen molar-refractivity contribution >= 4 is 17.5 Å². The predicted molar refractivity (Wildman–Crippen MR) is 214 cm³/mol. The van der Waals surface area contributed by atoms with E-state index in [9.17, 15) is 9.90 Å². The summed E-state index contributed by atoms with van der Waals surface area (Å²) in [5, 5.41) is 15.1. The molecule has 3 unspecified atom stereocenters. The fourth-order valence-corrected chi connectivity index (χ4v) is 8.40. The first-order chi connectivity index (χ1) is 24.7. The second-order valence-electron chi connectivity index (χ2n) is 17.4. The van der Waals surface area contributed by atoms with Crippen molar-refractivity contribution in [3.63, 3.8) is 0 Å². The molecular formula is C46H58ClN3O2. The lowest BCUT2D eigenvalue weighted by Gasteiger charge is -2.47. The molecule has 4 aromatic carbocycles. The maximum absolute atomic E-state index is 14.7. The molecule has 0 bridgehead atoms. The van der Waals surface area contributed by atoms with Crippen LogP contribution in [0.5, 0.6) is 0 Å². The molecule has 4 aromatic rings. The molecule has 276 valence electrons. The van der Waals surface area contributed by atoms with Gasteiger partial charge in [-0.05, 0) is 69.9 Å². The third kappa shape index (κ3) is 8.82. The smallest absolute Gasteiger partial charge is 0.240 e. The molecule has 0 spiro atoms. The number of benzene rings is 4. The SMILES string of the molecule is CC(C)(C)c1cccc(C2(O)CCN(Cc3ccccc3)C(C(Cl)C(=O)NC3(c4cccc(C(C)(C)C)c4)CCN(Cc4ccccc4)CC3)C2)c1. The number of nitrogens with zero attached hydrogens (tertiary/aromatic N) is 2. The molecule has 2 aliphatic rings. The Balaban J connectivity index is 1.30. The van der Waals surface area contributed by atoms with Gasteiger partial charge in [0.25, 0.3) is 0 Å². The number of carbonyl (C=O) groups excluding carboxylic acids is 1. The standard InChI is InChI=1S/C46H58ClN3O2/c1-43(2,3)36-19-13-21-38(29-36)45(23-26-49(27-24-45)32-34-15-9-7-10-16-34)48-42(51)41(47)40-31-46(52,39-22-14-20-37(30-39)44(4,5)6)25-28-50(40)33-35-17-11-8-12-18-35/h7-22,29-30,40-41,52H,23-28,31-33H2,1-6H3,(H,48,51). The van der Waals surface area contributed by atoms with E-state index in [0.717, 1.165) is 49.2 Å². The first-order valence-electron chi connectivity index (χ1n) is 19.1. The summed E-state index contributed by atoms with van der Waals surface area (Å²) in [4.78, 5) is 19.5. The van der Waals surface area contributed by atoms with Crippen molar-refractivity contribution < 1.29 is 9.90 Å². The lowest BCUT2D eigenvalue weighted by atomic mass is 9.76. The van der Waals surface area contributed by atoms with E-state index >= 15 is 0 Å². The van der Waals surface area contributed by atoms with E-state index in [-0.39, 0.29) is 22.8 Å². The van der Waals surface area contributed by atoms with Gasteiger partial charge in [0.2, 0.25) is 5.91 Å². The topological polar surface area (TPSA) is 55.8 Å². The van der Waals surface area contributed by atoms with Gasteiger partial charge < -0.3 is 10.4 Å². The first-order valence-corrected chi connectivity index (χ1v) is 19.5. The minimum Gasteiger partial charge on any atom is -0.385 e. The number of alkyl halides is 1. The van der Waals surface area contributed by atoms with Crippen molar-refractivity contribution in [1.82, 2.24) is 15.1 Å². The van der Waals surface area contributed by atoms with Gasteiger partial charge in [-0.3, -0.25) is 14.6 Å². The largest absolute Gasteiger partial charge is 0.385 e. The zero-order chi connectivity index (χ0) is 37.1. The maximum Gasteiger partial charge on any atom is 0.240 e. The summed E-state index contributed by atoms with van der Waals surface area (Å²) in [7, 11) is 0. The number of piperidine rings is 2. The normalized spacial score (nSPS) is 22.1. The zero-order valence-corrected chi connectivity index (χ0v) is 32.8. The van der Waals surface area contributed by atoms with Crippen LogP contribution in [0.25, 0.3) is 0 Å². The van der Waals surface area contributed by atoms with E-state index in [0.29, 0.717) is 25.9 Å². The van der Waals surface area contributed by atoms with Gasteiger partial charge in [-0.25, -0.2) is 0 Å². The second kappa shape index (κ2) is 15.5. The summed E-state index contributed by atoms with van der Waals surface area (Å²) in [6.45, 7) is 17.2. The summed E-state index contributed by atoms with van der Waals surface area (Å²) >= 11 is 7.42. The lowest BCUT2D eigenvalue weighted by Crippen LogP contribution is -2.59. The Labute approximate surface area is 317 Å². The Kier molecular flexibility index (Phi) is 11.4. The third-order valence-electron chi connectivity index (χ3n) is 11.5. The highest BCUT2D eigenvalue weighted by Gasteiger charge is 2.46. The summed E-state index contributed by atoms with van der Waals surface area (Å²) in [6.07, 6.45) is 2.50. The summed E-state index contributed by atoms with van der Waals surface area (Å²) in [5.74, 6) is -0.171. The fourth-order valence-electron chi connectivity index (χ4n) is 8.09. The molecule has 6 heteroatoms. The van der Waals surface area contributed by atoms with Crippen molar-refractivity contribution in [1.29, 1.82) is 0 Å². The third-order valence-corrected chi connectivity index (χ3v) is 12.0. The second-order valence-corrected chi connectivity index (χ2v) is 17.9. The zero-order valence-electron chi connectivity index (χ0n) is 32.0. The summed E-state index contributed by atoms with van der Waals surface area (Å²) in [6, 6.07) is 37.7. The van der Waals surface area contributed by atoms with Gasteiger partial charge in [0.05, 0.1) is 11.1 Å². The number of likely N-dealkylation sites (tertiary alicyclic amines) is 2. The number of nitrogens with one attached hydrogen (secondary N) is 1. The molecule has 1 amide bonds. The highest BCUT2D eigenvalue weighted by atomic mass is 35.5. The van der Waals surface area contributed by atoms with Crippen LogP contribution in [0.4, 0.5) is 0 Å². The van der Waals surface area contributed by atoms with Gasteiger partial charge in [-0.1, -0.05) is 151 Å². The van der Waals surface area contributed by atoms with Gasteiger partial charge in [-0.15, -0.1) is 11.6 Å². The van der Waals surface area contributed by atoms with Crippen LogP contribution < -0.4 is 5.32 Å². The van der Waals surface area contributed by atoms with Crippen molar-refractivity contribution in [2.45, 2.75) is 114 Å². The first kappa shape index (κ1) is 38.3. The van der Waals surface area contributed by atoms with E-state index in [1.165, 1.54) is 16.7 Å². The van der Waals surface area contributed by atoms with Gasteiger partial charge in [-0.2, -0.15) is 0 Å². The van der Waals surface area contributed by atoms with Crippen LogP contribution in [0.2, 0.25) is 0 Å². The van der Waals surface area contributed by atoms with Crippen LogP contribution in [0.1, 0.15) is 101 Å². The Morgan fingerprint density at radius 2 is 1.25 bits per heavy atom. The van der Waals surface area contributed by atoms with Crippen molar-refractivity contribution in [2.75, 3.05) is 19.6 Å². The summed E-state index contributed by atoms with van der Waals surface area (Å²) < 4.78 is 0. The van der Waals surface area contributed by atoms with Crippen LogP contribution in [-0.2, 0) is 39.9 Å². The fraction of sp³-hybridized carbons (Fsp3) is 0.457. The van der Waals surface area contributed by atoms with E-state index in [1.807, 2.05) is 30.3 Å². The average molecular weight is 720 g/mol. The molecule has 2 heterocycles. The molecule has 2 fully saturated rings. The molecule has 0 aliphatic carbocycles. The van der Waals surface area contributed by atoms with Crippen LogP contribution in [0.15, 0.2) is 109 Å². The number of halogens is 1. The number of hydrogen-bond donors (Lipinski definition) is 2. The number of amides is 1. The molecule has 2 aliphatic heterocycles. The number of rotatable bonds is 9. The Morgan fingerprint density at radius 3 is 1.81 bits per heavy atom. The lowest BCUT2D eigenvalue weighted by molar-refractivity contribution is -0.127. The van der Waals surface area contributed by atoms with Crippen molar-refractivity contribution in [3.8, 4) is 0 Å². The Morgan fingerprint density at radius 1 is 0.731 bits per heavy atom. The average Bonchev–Trinajstić information content (AvgIpc) is 3.13. The van der Waals surface area contributed by atoms with Crippen molar-refractivity contribution in [3.05, 3.63) is 143 Å². The number of aliphatic hydroxyl groups is 1. The van der Waals surface area contributed by atoms with Crippen LogP contribution in [0.3, 0.4) is 0 Å². The van der Waals surface area contributed by atoms with E-state index in [1.54, 1.807) is 0 Å². The van der Waals surface area contributed by atoms with Crippen LogP contribution in [-0.4, -0.2) is 51.9 Å². The molecule has 0 aromatic heterocycles. The van der Waals surface area contributed by atoms with E-state index < -0.39 is 16.5 Å². The van der Waals surface area contributed by atoms with Gasteiger partial charge >= 0.3 is 0 Å². The molecule has 0 radical (unpaired) electrons.